The molecule has 2 aliphatic rings. The summed E-state index contributed by atoms with van der Waals surface area (Å²) < 4.78 is 0. The molecule has 1 aliphatic carbocycles. The second-order valence-corrected chi connectivity index (χ2v) is 6.28. The summed E-state index contributed by atoms with van der Waals surface area (Å²) >= 11 is 0. The van der Waals surface area contributed by atoms with Crippen LogP contribution < -0.4 is 0 Å². The Hall–Kier alpha value is -0.860. The van der Waals surface area contributed by atoms with Crippen LogP contribution in [-0.4, -0.2) is 29.6 Å². The van der Waals surface area contributed by atoms with Gasteiger partial charge >= 0.3 is 0 Å². The van der Waals surface area contributed by atoms with Crippen molar-refractivity contribution in [3.63, 3.8) is 0 Å². The van der Waals surface area contributed by atoms with E-state index in [-0.39, 0.29) is 6.10 Å². The Morgan fingerprint density at radius 2 is 1.79 bits per heavy atom. The molecule has 1 heterocycles. The molecule has 19 heavy (non-hydrogen) atoms. The van der Waals surface area contributed by atoms with Gasteiger partial charge in [-0.2, -0.15) is 0 Å². The number of likely N-dealkylation sites (tertiary alicyclic amines) is 1. The van der Waals surface area contributed by atoms with E-state index in [9.17, 15) is 5.11 Å². The molecule has 1 aromatic carbocycles. The van der Waals surface area contributed by atoms with E-state index in [4.69, 9.17) is 0 Å². The molecule has 104 valence electrons. The molecule has 2 fully saturated rings. The number of rotatable bonds is 3. The normalized spacial score (nSPS) is 29.7. The van der Waals surface area contributed by atoms with Gasteiger partial charge < -0.3 is 10.0 Å². The van der Waals surface area contributed by atoms with Crippen LogP contribution in [0.15, 0.2) is 30.3 Å². The van der Waals surface area contributed by atoms with Gasteiger partial charge in [0, 0.05) is 13.1 Å². The number of fused-ring (bicyclic) bond motifs is 1. The van der Waals surface area contributed by atoms with Gasteiger partial charge in [-0.1, -0.05) is 49.6 Å². The molecule has 1 N–H and O–H groups in total. The molecule has 2 nitrogen and oxygen atoms in total. The number of hydrogen-bond acceptors (Lipinski definition) is 2. The fourth-order valence-electron chi connectivity index (χ4n) is 3.87. The van der Waals surface area contributed by atoms with Crippen LogP contribution in [0, 0.1) is 11.8 Å². The first-order valence-corrected chi connectivity index (χ1v) is 7.78. The van der Waals surface area contributed by atoms with E-state index < -0.39 is 0 Å². The van der Waals surface area contributed by atoms with Crippen molar-refractivity contribution in [3.8, 4) is 0 Å². The van der Waals surface area contributed by atoms with Gasteiger partial charge in [-0.3, -0.25) is 0 Å². The second kappa shape index (κ2) is 6.06. The lowest BCUT2D eigenvalue weighted by Gasteiger charge is -2.41. The Bertz CT molecular complexity index is 392. The predicted octanol–water partition coefficient (Wildman–Crippen LogP) is 3.23. The summed E-state index contributed by atoms with van der Waals surface area (Å²) in [6.07, 6.45) is 6.71. The third-order valence-electron chi connectivity index (χ3n) is 4.99. The molecule has 1 aromatic rings. The molecule has 0 radical (unpaired) electrons. The SMILES string of the molecule is O[C@H](CN1CC[C@@H]2CCCC[C@H]2C1)c1ccccc1. The second-order valence-electron chi connectivity index (χ2n) is 6.28. The Morgan fingerprint density at radius 1 is 1.05 bits per heavy atom. The first-order valence-electron chi connectivity index (χ1n) is 7.78. The fourth-order valence-corrected chi connectivity index (χ4v) is 3.87. The van der Waals surface area contributed by atoms with Crippen LogP contribution in [-0.2, 0) is 0 Å². The van der Waals surface area contributed by atoms with Crippen LogP contribution in [0.3, 0.4) is 0 Å². The van der Waals surface area contributed by atoms with Crippen molar-refractivity contribution in [2.45, 2.75) is 38.2 Å². The standard InChI is InChI=1S/C17H25NO/c19-17(15-7-2-1-3-8-15)13-18-11-10-14-6-4-5-9-16(14)12-18/h1-3,7-8,14,16-17,19H,4-6,9-13H2/t14-,16-,17+/m0/s1. The fraction of sp³-hybridized carbons (Fsp3) is 0.647. The zero-order chi connectivity index (χ0) is 13.1. The van der Waals surface area contributed by atoms with Crippen LogP contribution in [0.2, 0.25) is 0 Å². The average molecular weight is 259 g/mol. The van der Waals surface area contributed by atoms with Crippen molar-refractivity contribution >= 4 is 0 Å². The monoisotopic (exact) mass is 259 g/mol. The van der Waals surface area contributed by atoms with Gasteiger partial charge in [0.15, 0.2) is 0 Å². The lowest BCUT2D eigenvalue weighted by Crippen LogP contribution is -2.43. The Morgan fingerprint density at radius 3 is 2.58 bits per heavy atom. The molecule has 0 amide bonds. The van der Waals surface area contributed by atoms with Crippen molar-refractivity contribution in [1.82, 2.24) is 4.90 Å². The molecule has 1 aliphatic heterocycles. The zero-order valence-electron chi connectivity index (χ0n) is 11.7. The lowest BCUT2D eigenvalue weighted by molar-refractivity contribution is 0.0460. The third-order valence-corrected chi connectivity index (χ3v) is 4.99. The molecule has 0 bridgehead atoms. The minimum absolute atomic E-state index is 0.332. The minimum atomic E-state index is -0.332. The van der Waals surface area contributed by atoms with E-state index >= 15 is 0 Å². The highest BCUT2D eigenvalue weighted by atomic mass is 16.3. The summed E-state index contributed by atoms with van der Waals surface area (Å²) in [6, 6.07) is 10.1. The Labute approximate surface area is 116 Å². The van der Waals surface area contributed by atoms with Gasteiger partial charge in [0.25, 0.3) is 0 Å². The van der Waals surface area contributed by atoms with Crippen LogP contribution in [0.4, 0.5) is 0 Å². The van der Waals surface area contributed by atoms with Gasteiger partial charge in [-0.05, 0) is 36.8 Å². The molecule has 0 unspecified atom stereocenters. The van der Waals surface area contributed by atoms with Crippen LogP contribution in [0.25, 0.3) is 0 Å². The molecular formula is C17H25NO. The van der Waals surface area contributed by atoms with Crippen LogP contribution in [0.5, 0.6) is 0 Å². The predicted molar refractivity (Wildman–Crippen MR) is 77.9 cm³/mol. The summed E-state index contributed by atoms with van der Waals surface area (Å²) in [5, 5.41) is 10.3. The number of nitrogens with zero attached hydrogens (tertiary/aromatic N) is 1. The first kappa shape index (κ1) is 13.1. The largest absolute Gasteiger partial charge is 0.387 e. The van der Waals surface area contributed by atoms with Crippen molar-refractivity contribution in [3.05, 3.63) is 35.9 Å². The highest BCUT2D eigenvalue weighted by Crippen LogP contribution is 2.36. The zero-order valence-corrected chi connectivity index (χ0v) is 11.7. The molecular weight excluding hydrogens is 234 g/mol. The highest BCUT2D eigenvalue weighted by molar-refractivity contribution is 5.17. The van der Waals surface area contributed by atoms with Crippen molar-refractivity contribution in [1.29, 1.82) is 0 Å². The molecule has 1 saturated carbocycles. The number of piperidine rings is 1. The smallest absolute Gasteiger partial charge is 0.0916 e. The van der Waals surface area contributed by atoms with E-state index in [2.05, 4.69) is 4.90 Å². The summed E-state index contributed by atoms with van der Waals surface area (Å²) in [7, 11) is 0. The number of benzene rings is 1. The summed E-state index contributed by atoms with van der Waals surface area (Å²) in [6.45, 7) is 3.17. The summed E-state index contributed by atoms with van der Waals surface area (Å²) in [4.78, 5) is 2.48. The number of aliphatic hydroxyl groups is 1. The Kier molecular flexibility index (Phi) is 4.19. The van der Waals surface area contributed by atoms with Crippen LogP contribution >= 0.6 is 0 Å². The molecule has 0 aromatic heterocycles. The number of β-amino-alcohol motifs (C(OH)–C–C–N with tert-alkyl or cyclic N) is 1. The maximum absolute atomic E-state index is 10.3. The number of hydrogen-bond donors (Lipinski definition) is 1. The maximum Gasteiger partial charge on any atom is 0.0916 e. The molecule has 3 atom stereocenters. The van der Waals surface area contributed by atoms with Crippen LogP contribution in [0.1, 0.15) is 43.8 Å². The van der Waals surface area contributed by atoms with E-state index in [1.807, 2.05) is 30.3 Å². The third kappa shape index (κ3) is 3.18. The molecule has 2 heteroatoms. The van der Waals surface area contributed by atoms with E-state index in [1.165, 1.54) is 45.2 Å². The molecule has 0 spiro atoms. The summed E-state index contributed by atoms with van der Waals surface area (Å²) in [5.74, 6) is 1.87. The topological polar surface area (TPSA) is 23.5 Å². The minimum Gasteiger partial charge on any atom is -0.387 e. The van der Waals surface area contributed by atoms with Crippen molar-refractivity contribution in [2.24, 2.45) is 11.8 Å². The van der Waals surface area contributed by atoms with Gasteiger partial charge in [-0.25, -0.2) is 0 Å². The van der Waals surface area contributed by atoms with E-state index in [1.54, 1.807) is 0 Å². The molecule has 3 rings (SSSR count). The van der Waals surface area contributed by atoms with Gasteiger partial charge in [-0.15, -0.1) is 0 Å². The highest BCUT2D eigenvalue weighted by Gasteiger charge is 2.31. The summed E-state index contributed by atoms with van der Waals surface area (Å²) in [5.41, 5.74) is 1.05. The first-order chi connectivity index (χ1) is 9.33. The molecule has 1 saturated heterocycles. The van der Waals surface area contributed by atoms with Gasteiger partial charge in [0.2, 0.25) is 0 Å². The van der Waals surface area contributed by atoms with E-state index in [0.717, 1.165) is 23.9 Å². The lowest BCUT2D eigenvalue weighted by atomic mass is 9.75. The quantitative estimate of drug-likeness (QED) is 0.901. The average Bonchev–Trinajstić information content (AvgIpc) is 2.48. The Balaban J connectivity index is 1.56. The van der Waals surface area contributed by atoms with Gasteiger partial charge in [0.05, 0.1) is 6.10 Å². The van der Waals surface area contributed by atoms with Crippen molar-refractivity contribution in [2.75, 3.05) is 19.6 Å². The maximum atomic E-state index is 10.3. The van der Waals surface area contributed by atoms with E-state index in [0.29, 0.717) is 0 Å². The number of aliphatic hydroxyl groups excluding tert-OH is 1. The van der Waals surface area contributed by atoms with Crippen molar-refractivity contribution < 1.29 is 5.11 Å². The van der Waals surface area contributed by atoms with Gasteiger partial charge in [0.1, 0.15) is 0 Å².